The van der Waals surface area contributed by atoms with E-state index in [2.05, 4.69) is 45.1 Å². The van der Waals surface area contributed by atoms with Gasteiger partial charge in [0.2, 0.25) is 0 Å². The van der Waals surface area contributed by atoms with Gasteiger partial charge in [-0.15, -0.1) is 0 Å². The number of hydrogen-bond donors (Lipinski definition) is 1. The fourth-order valence-corrected chi connectivity index (χ4v) is 3.11. The average Bonchev–Trinajstić information content (AvgIpc) is 2.87. The monoisotopic (exact) mass is 367 g/mol. The highest BCUT2D eigenvalue weighted by molar-refractivity contribution is 6.62. The van der Waals surface area contributed by atoms with Crippen LogP contribution in [0.15, 0.2) is 54.6 Å². The molecule has 1 N–H and O–H groups in total. The van der Waals surface area contributed by atoms with E-state index in [9.17, 15) is 0 Å². The molecule has 0 unspecified atom stereocenters. The van der Waals surface area contributed by atoms with Crippen LogP contribution in [-0.4, -0.2) is 31.9 Å². The lowest BCUT2D eigenvalue weighted by atomic mass is 9.79. The minimum Gasteiger partial charge on any atom is -0.486 e. The molecule has 1 atom stereocenters. The lowest BCUT2D eigenvalue weighted by Gasteiger charge is -2.32. The first-order chi connectivity index (χ1) is 12.8. The van der Waals surface area contributed by atoms with Crippen molar-refractivity contribution in [2.45, 2.75) is 51.4 Å². The van der Waals surface area contributed by atoms with Crippen molar-refractivity contribution >= 4 is 12.6 Å². The number of benzene rings is 2. The van der Waals surface area contributed by atoms with Gasteiger partial charge in [0.25, 0.3) is 0 Å². The third-order valence-electron chi connectivity index (χ3n) is 5.49. The molecule has 0 saturated carbocycles. The third kappa shape index (κ3) is 4.54. The van der Waals surface area contributed by atoms with E-state index in [1.54, 1.807) is 0 Å². The van der Waals surface area contributed by atoms with Gasteiger partial charge in [0.1, 0.15) is 11.9 Å². The second-order valence-electron chi connectivity index (χ2n) is 8.07. The molecule has 2 aromatic rings. The molecule has 5 heteroatoms. The van der Waals surface area contributed by atoms with Crippen molar-refractivity contribution in [3.8, 4) is 5.75 Å². The van der Waals surface area contributed by atoms with Crippen molar-refractivity contribution < 1.29 is 14.0 Å². The van der Waals surface area contributed by atoms with Gasteiger partial charge in [0.05, 0.1) is 11.2 Å². The molecule has 0 bridgehead atoms. The van der Waals surface area contributed by atoms with Gasteiger partial charge in [-0.3, -0.25) is 0 Å². The molecular weight excluding hydrogens is 337 g/mol. The number of hydrogen-bond acceptors (Lipinski definition) is 4. The first-order valence-electron chi connectivity index (χ1n) is 9.64. The van der Waals surface area contributed by atoms with Crippen LogP contribution in [0.25, 0.3) is 0 Å². The summed E-state index contributed by atoms with van der Waals surface area (Å²) in [7, 11) is 1.58. The summed E-state index contributed by atoms with van der Waals surface area (Å²) in [5.74, 6) is 0.826. The van der Waals surface area contributed by atoms with Crippen molar-refractivity contribution in [3.05, 3.63) is 60.2 Å². The van der Waals surface area contributed by atoms with E-state index < -0.39 is 0 Å². The van der Waals surface area contributed by atoms with Crippen molar-refractivity contribution in [2.75, 3.05) is 13.6 Å². The molecule has 1 fully saturated rings. The van der Waals surface area contributed by atoms with E-state index in [1.807, 2.05) is 49.5 Å². The molecule has 0 aliphatic carbocycles. The fraction of sp³-hybridized carbons (Fsp3) is 0.455. The molecule has 1 aliphatic rings. The zero-order valence-corrected chi connectivity index (χ0v) is 17.0. The minimum absolute atomic E-state index is 0.00723. The van der Waals surface area contributed by atoms with Gasteiger partial charge in [0.15, 0.2) is 0 Å². The topological polar surface area (TPSA) is 39.7 Å². The maximum absolute atomic E-state index is 6.36. The Balaban J connectivity index is 1.78. The average molecular weight is 367 g/mol. The largest absolute Gasteiger partial charge is 0.494 e. The standard InChI is InChI=1S/C22H30BNO3/c1-21(2)22(3,4)27-23(26-21)18-12-9-13-19(16-18)25-20(14-15-24-5)17-10-7-6-8-11-17/h6-13,16,20,24H,14-15H2,1-5H3/t20-/m1/s1. The Morgan fingerprint density at radius 2 is 1.63 bits per heavy atom. The van der Waals surface area contributed by atoms with Gasteiger partial charge < -0.3 is 19.4 Å². The molecular formula is C22H30BNO3. The molecule has 4 nitrogen and oxygen atoms in total. The van der Waals surface area contributed by atoms with E-state index in [-0.39, 0.29) is 24.4 Å². The first-order valence-corrected chi connectivity index (χ1v) is 9.64. The van der Waals surface area contributed by atoms with Crippen LogP contribution in [0, 0.1) is 0 Å². The van der Waals surface area contributed by atoms with Crippen molar-refractivity contribution in [3.63, 3.8) is 0 Å². The minimum atomic E-state index is -0.383. The lowest BCUT2D eigenvalue weighted by molar-refractivity contribution is 0.00578. The maximum Gasteiger partial charge on any atom is 0.494 e. The summed E-state index contributed by atoms with van der Waals surface area (Å²) in [6, 6.07) is 18.4. The SMILES string of the molecule is CNCC[C@@H](Oc1cccc(B2OC(C)(C)C(C)(C)O2)c1)c1ccccc1. The molecule has 2 aromatic carbocycles. The number of ether oxygens (including phenoxy) is 1. The predicted molar refractivity (Wildman–Crippen MR) is 111 cm³/mol. The van der Waals surface area contributed by atoms with Gasteiger partial charge in [-0.25, -0.2) is 0 Å². The Labute approximate surface area is 163 Å². The quantitative estimate of drug-likeness (QED) is 0.758. The smallest absolute Gasteiger partial charge is 0.486 e. The molecule has 0 radical (unpaired) electrons. The Kier molecular flexibility index (Phi) is 5.94. The molecule has 1 saturated heterocycles. The van der Waals surface area contributed by atoms with Gasteiger partial charge in [-0.05, 0) is 64.4 Å². The molecule has 0 amide bonds. The fourth-order valence-electron chi connectivity index (χ4n) is 3.11. The van der Waals surface area contributed by atoms with Crippen molar-refractivity contribution in [2.24, 2.45) is 0 Å². The number of nitrogens with one attached hydrogen (secondary N) is 1. The van der Waals surface area contributed by atoms with Crippen LogP contribution in [0.2, 0.25) is 0 Å². The molecule has 1 aliphatic heterocycles. The van der Waals surface area contributed by atoms with E-state index in [4.69, 9.17) is 14.0 Å². The molecule has 27 heavy (non-hydrogen) atoms. The molecule has 3 rings (SSSR count). The number of rotatable bonds is 7. The Hall–Kier alpha value is -1.82. The van der Waals surface area contributed by atoms with Crippen molar-refractivity contribution in [1.82, 2.24) is 5.32 Å². The van der Waals surface area contributed by atoms with Crippen LogP contribution in [0.4, 0.5) is 0 Å². The summed E-state index contributed by atoms with van der Waals surface area (Å²) >= 11 is 0. The molecule has 0 aromatic heterocycles. The summed E-state index contributed by atoms with van der Waals surface area (Å²) < 4.78 is 18.7. The Bertz CT molecular complexity index is 732. The zero-order valence-electron chi connectivity index (χ0n) is 17.0. The van der Waals surface area contributed by atoms with Gasteiger partial charge in [-0.2, -0.15) is 0 Å². The highest BCUT2D eigenvalue weighted by Gasteiger charge is 2.51. The second kappa shape index (κ2) is 8.05. The van der Waals surface area contributed by atoms with Crippen LogP contribution in [0.5, 0.6) is 5.75 Å². The van der Waals surface area contributed by atoms with Gasteiger partial charge in [-0.1, -0.05) is 42.5 Å². The molecule has 0 spiro atoms. The molecule has 144 valence electrons. The van der Waals surface area contributed by atoms with Gasteiger partial charge in [0, 0.05) is 6.42 Å². The van der Waals surface area contributed by atoms with E-state index in [1.165, 1.54) is 5.56 Å². The first kappa shape index (κ1) is 19.9. The normalized spacial score (nSPS) is 19.1. The van der Waals surface area contributed by atoms with Crippen LogP contribution in [0.1, 0.15) is 45.8 Å². The van der Waals surface area contributed by atoms with Crippen LogP contribution < -0.4 is 15.5 Å². The lowest BCUT2D eigenvalue weighted by Crippen LogP contribution is -2.41. The summed E-state index contributed by atoms with van der Waals surface area (Å²) in [6.45, 7) is 9.15. The third-order valence-corrected chi connectivity index (χ3v) is 5.49. The second-order valence-corrected chi connectivity index (χ2v) is 8.07. The predicted octanol–water partition coefficient (Wildman–Crippen LogP) is 3.72. The Morgan fingerprint density at radius 1 is 0.963 bits per heavy atom. The van der Waals surface area contributed by atoms with E-state index in [0.29, 0.717) is 0 Å². The molecule has 1 heterocycles. The van der Waals surface area contributed by atoms with Crippen molar-refractivity contribution in [1.29, 1.82) is 0 Å². The summed E-state index contributed by atoms with van der Waals surface area (Å²) in [4.78, 5) is 0. The Morgan fingerprint density at radius 3 is 2.26 bits per heavy atom. The summed E-state index contributed by atoms with van der Waals surface area (Å²) in [5.41, 5.74) is 1.45. The van der Waals surface area contributed by atoms with Crippen LogP contribution >= 0.6 is 0 Å². The summed E-state index contributed by atoms with van der Waals surface area (Å²) in [5, 5.41) is 3.21. The highest BCUT2D eigenvalue weighted by atomic mass is 16.7. The van der Waals surface area contributed by atoms with E-state index in [0.717, 1.165) is 24.2 Å². The maximum atomic E-state index is 6.36. The van der Waals surface area contributed by atoms with Crippen LogP contribution in [0.3, 0.4) is 0 Å². The highest BCUT2D eigenvalue weighted by Crippen LogP contribution is 2.36. The van der Waals surface area contributed by atoms with E-state index >= 15 is 0 Å². The summed E-state index contributed by atoms with van der Waals surface area (Å²) in [6.07, 6.45) is 0.883. The van der Waals surface area contributed by atoms with Crippen LogP contribution in [-0.2, 0) is 9.31 Å². The zero-order chi connectivity index (χ0) is 19.5. The van der Waals surface area contributed by atoms with Gasteiger partial charge >= 0.3 is 7.12 Å².